The van der Waals surface area contributed by atoms with Gasteiger partial charge < -0.3 is 9.47 Å². The van der Waals surface area contributed by atoms with Crippen LogP contribution >= 0.6 is 22.6 Å². The van der Waals surface area contributed by atoms with Crippen molar-refractivity contribution < 1.29 is 14.3 Å². The zero-order chi connectivity index (χ0) is 13.7. The van der Waals surface area contributed by atoms with E-state index in [1.165, 1.54) is 0 Å². The Kier molecular flexibility index (Phi) is 6.92. The normalized spacial score (nSPS) is 29.6. The number of carbonyl (C=O) groups is 1. The maximum Gasteiger partial charge on any atom is 0.309 e. The van der Waals surface area contributed by atoms with E-state index >= 15 is 0 Å². The second-order valence-electron chi connectivity index (χ2n) is 5.55. The number of alkyl halides is 1. The molecule has 0 radical (unpaired) electrons. The molecule has 0 aromatic heterocycles. The Morgan fingerprint density at radius 2 is 2.00 bits per heavy atom. The third-order valence-electron chi connectivity index (χ3n) is 3.26. The van der Waals surface area contributed by atoms with Crippen molar-refractivity contribution in [3.05, 3.63) is 0 Å². The minimum absolute atomic E-state index is 0.0306. The number of hydrogen-bond acceptors (Lipinski definition) is 3. The van der Waals surface area contributed by atoms with Gasteiger partial charge in [0.25, 0.3) is 0 Å². The van der Waals surface area contributed by atoms with E-state index in [-0.39, 0.29) is 24.1 Å². The van der Waals surface area contributed by atoms with Gasteiger partial charge in [-0.15, -0.1) is 0 Å². The number of halogens is 1. The Morgan fingerprint density at radius 3 is 2.56 bits per heavy atom. The van der Waals surface area contributed by atoms with Crippen molar-refractivity contribution in [3.8, 4) is 0 Å². The summed E-state index contributed by atoms with van der Waals surface area (Å²) in [6, 6.07) is 0. The van der Waals surface area contributed by atoms with Crippen LogP contribution in [0.2, 0.25) is 0 Å². The summed E-state index contributed by atoms with van der Waals surface area (Å²) in [7, 11) is 0. The van der Waals surface area contributed by atoms with E-state index < -0.39 is 0 Å². The first-order chi connectivity index (χ1) is 8.43. The highest BCUT2D eigenvalue weighted by Gasteiger charge is 2.38. The molecule has 0 amide bonds. The van der Waals surface area contributed by atoms with Crippen LogP contribution in [0.5, 0.6) is 0 Å². The van der Waals surface area contributed by atoms with Crippen LogP contribution in [-0.4, -0.2) is 28.7 Å². The number of carbonyl (C=O) groups excluding carboxylic acids is 1. The Labute approximate surface area is 124 Å². The number of esters is 1. The predicted octanol–water partition coefficient (Wildman–Crippen LogP) is 3.58. The molecule has 4 heteroatoms. The molecule has 0 aromatic rings. The largest absolute Gasteiger partial charge is 0.466 e. The van der Waals surface area contributed by atoms with Crippen LogP contribution in [0.4, 0.5) is 0 Å². The molecule has 1 fully saturated rings. The average Bonchev–Trinajstić information content (AvgIpc) is 2.59. The molecule has 0 heterocycles. The van der Waals surface area contributed by atoms with Gasteiger partial charge in [-0.3, -0.25) is 4.79 Å². The predicted molar refractivity (Wildman–Crippen MR) is 81.0 cm³/mol. The molecule has 1 saturated carbocycles. The summed E-state index contributed by atoms with van der Waals surface area (Å²) in [5, 5.41) is 0. The Balaban J connectivity index is 2.42. The van der Waals surface area contributed by atoms with Crippen LogP contribution in [0, 0.1) is 11.8 Å². The number of hydrogen-bond donors (Lipinski definition) is 0. The summed E-state index contributed by atoms with van der Waals surface area (Å²) < 4.78 is 11.6. The third-order valence-corrected chi connectivity index (χ3v) is 4.57. The van der Waals surface area contributed by atoms with Crippen LogP contribution in [0.15, 0.2) is 0 Å². The van der Waals surface area contributed by atoms with E-state index in [1.807, 2.05) is 6.92 Å². The first kappa shape index (κ1) is 16.2. The van der Waals surface area contributed by atoms with Gasteiger partial charge in [-0.05, 0) is 39.0 Å². The van der Waals surface area contributed by atoms with Gasteiger partial charge in [0.1, 0.15) is 0 Å². The van der Waals surface area contributed by atoms with Crippen LogP contribution < -0.4 is 0 Å². The molecule has 3 nitrogen and oxygen atoms in total. The second kappa shape index (κ2) is 7.68. The van der Waals surface area contributed by atoms with Gasteiger partial charge in [0, 0.05) is 3.92 Å². The lowest BCUT2D eigenvalue weighted by molar-refractivity contribution is -0.148. The van der Waals surface area contributed by atoms with E-state index in [0.29, 0.717) is 16.4 Å². The smallest absolute Gasteiger partial charge is 0.309 e. The van der Waals surface area contributed by atoms with Gasteiger partial charge >= 0.3 is 5.97 Å². The van der Waals surface area contributed by atoms with E-state index in [0.717, 1.165) is 19.3 Å². The molecular formula is C14H25IO3. The Hall–Kier alpha value is 0.160. The van der Waals surface area contributed by atoms with Gasteiger partial charge in [0.15, 0.2) is 0 Å². The van der Waals surface area contributed by atoms with Gasteiger partial charge in [-0.1, -0.05) is 36.4 Å². The molecule has 0 aliphatic heterocycles. The van der Waals surface area contributed by atoms with E-state index in [9.17, 15) is 4.79 Å². The first-order valence-electron chi connectivity index (χ1n) is 6.90. The zero-order valence-corrected chi connectivity index (χ0v) is 14.0. The quantitative estimate of drug-likeness (QED) is 0.408. The minimum Gasteiger partial charge on any atom is -0.466 e. The maximum atomic E-state index is 11.7. The van der Waals surface area contributed by atoms with Gasteiger partial charge in [0.2, 0.25) is 0 Å². The second-order valence-corrected chi connectivity index (χ2v) is 7.15. The molecule has 1 aliphatic rings. The monoisotopic (exact) mass is 368 g/mol. The molecule has 0 saturated heterocycles. The average molecular weight is 368 g/mol. The standard InChI is InChI=1S/C14H25IO3/c1-5-17-14(16)11-7-12(15)13(8-11)18-10(4)6-9(2)3/h9-13H,5-8H2,1-4H3. The molecule has 1 aliphatic carbocycles. The molecule has 0 bridgehead atoms. The van der Waals surface area contributed by atoms with E-state index in [4.69, 9.17) is 9.47 Å². The minimum atomic E-state index is -0.0539. The summed E-state index contributed by atoms with van der Waals surface area (Å²) >= 11 is 2.41. The summed E-state index contributed by atoms with van der Waals surface area (Å²) in [5.74, 6) is 0.625. The molecular weight excluding hydrogens is 343 g/mol. The van der Waals surface area contributed by atoms with Crippen molar-refractivity contribution in [2.75, 3.05) is 6.61 Å². The molecule has 4 unspecified atom stereocenters. The van der Waals surface area contributed by atoms with Crippen LogP contribution in [0.3, 0.4) is 0 Å². The fraction of sp³-hybridized carbons (Fsp3) is 0.929. The lowest BCUT2D eigenvalue weighted by Crippen LogP contribution is -2.25. The van der Waals surface area contributed by atoms with Gasteiger partial charge in [-0.25, -0.2) is 0 Å². The molecule has 0 spiro atoms. The summed E-state index contributed by atoms with van der Waals surface area (Å²) in [4.78, 5) is 11.7. The fourth-order valence-corrected chi connectivity index (χ4v) is 3.64. The van der Waals surface area contributed by atoms with Crippen molar-refractivity contribution in [1.29, 1.82) is 0 Å². The van der Waals surface area contributed by atoms with Crippen molar-refractivity contribution in [1.82, 2.24) is 0 Å². The molecule has 0 aromatic carbocycles. The van der Waals surface area contributed by atoms with Crippen molar-refractivity contribution in [2.24, 2.45) is 11.8 Å². The van der Waals surface area contributed by atoms with Crippen molar-refractivity contribution >= 4 is 28.6 Å². The highest BCUT2D eigenvalue weighted by molar-refractivity contribution is 14.1. The molecule has 0 N–H and O–H groups in total. The zero-order valence-electron chi connectivity index (χ0n) is 11.8. The third kappa shape index (κ3) is 5.03. The number of rotatable bonds is 6. The van der Waals surface area contributed by atoms with Crippen molar-refractivity contribution in [3.63, 3.8) is 0 Å². The van der Waals surface area contributed by atoms with Crippen LogP contribution in [-0.2, 0) is 14.3 Å². The van der Waals surface area contributed by atoms with Gasteiger partial charge in [0.05, 0.1) is 24.7 Å². The highest BCUT2D eigenvalue weighted by Crippen LogP contribution is 2.35. The topological polar surface area (TPSA) is 35.5 Å². The maximum absolute atomic E-state index is 11.7. The van der Waals surface area contributed by atoms with Crippen LogP contribution in [0.25, 0.3) is 0 Å². The lowest BCUT2D eigenvalue weighted by Gasteiger charge is -2.22. The summed E-state index contributed by atoms with van der Waals surface area (Å²) in [6.45, 7) is 8.86. The number of ether oxygens (including phenoxy) is 2. The van der Waals surface area contributed by atoms with E-state index in [2.05, 4.69) is 43.4 Å². The Morgan fingerprint density at radius 1 is 1.33 bits per heavy atom. The SMILES string of the molecule is CCOC(=O)C1CC(I)C(OC(C)CC(C)C)C1. The molecule has 18 heavy (non-hydrogen) atoms. The first-order valence-corrected chi connectivity index (χ1v) is 8.14. The van der Waals surface area contributed by atoms with Crippen LogP contribution in [0.1, 0.15) is 47.0 Å². The van der Waals surface area contributed by atoms with E-state index in [1.54, 1.807) is 0 Å². The summed E-state index contributed by atoms with van der Waals surface area (Å²) in [6.07, 6.45) is 3.25. The highest BCUT2D eigenvalue weighted by atomic mass is 127. The molecule has 106 valence electrons. The summed E-state index contributed by atoms with van der Waals surface area (Å²) in [5.41, 5.74) is 0. The fourth-order valence-electron chi connectivity index (χ4n) is 2.56. The van der Waals surface area contributed by atoms with Gasteiger partial charge in [-0.2, -0.15) is 0 Å². The molecule has 4 atom stereocenters. The molecule has 1 rings (SSSR count). The lowest BCUT2D eigenvalue weighted by atomic mass is 10.1. The van der Waals surface area contributed by atoms with Crippen molar-refractivity contribution in [2.45, 2.75) is 63.1 Å². The Bertz CT molecular complexity index is 268.